The van der Waals surface area contributed by atoms with Crippen molar-refractivity contribution in [3.05, 3.63) is 46.2 Å². The first-order valence-corrected chi connectivity index (χ1v) is 6.95. The van der Waals surface area contributed by atoms with Gasteiger partial charge in [0.15, 0.2) is 0 Å². The van der Waals surface area contributed by atoms with Crippen LogP contribution in [0, 0.1) is 0 Å². The summed E-state index contributed by atoms with van der Waals surface area (Å²) in [5, 5.41) is 5.52. The molecule has 21 heavy (non-hydrogen) atoms. The molecule has 0 aliphatic heterocycles. The summed E-state index contributed by atoms with van der Waals surface area (Å²) in [5.41, 5.74) is 6.73. The van der Waals surface area contributed by atoms with Crippen LogP contribution in [0.5, 0.6) is 0 Å². The molecule has 0 aliphatic rings. The van der Waals surface area contributed by atoms with Crippen molar-refractivity contribution in [3.8, 4) is 0 Å². The molecule has 5 nitrogen and oxygen atoms in total. The van der Waals surface area contributed by atoms with Gasteiger partial charge in [-0.25, -0.2) is 4.98 Å². The first-order chi connectivity index (χ1) is 9.20. The van der Waals surface area contributed by atoms with Crippen molar-refractivity contribution < 1.29 is 4.79 Å². The van der Waals surface area contributed by atoms with Crippen molar-refractivity contribution in [3.63, 3.8) is 0 Å². The summed E-state index contributed by atoms with van der Waals surface area (Å²) in [6.07, 6.45) is 2.41. The van der Waals surface area contributed by atoms with E-state index in [1.54, 1.807) is 11.6 Å². The second kappa shape index (κ2) is 9.68. The minimum Gasteiger partial charge on any atom is -0.343 e. The predicted octanol–water partition coefficient (Wildman–Crippen LogP) is 2.37. The maximum atomic E-state index is 12.0. The van der Waals surface area contributed by atoms with Gasteiger partial charge in [-0.1, -0.05) is 6.07 Å². The van der Waals surface area contributed by atoms with E-state index in [1.807, 2.05) is 25.1 Å². The quantitative estimate of drug-likeness (QED) is 0.868. The van der Waals surface area contributed by atoms with Crippen LogP contribution in [0.25, 0.3) is 0 Å². The van der Waals surface area contributed by atoms with Crippen molar-refractivity contribution >= 4 is 42.1 Å². The highest BCUT2D eigenvalue weighted by Crippen LogP contribution is 2.13. The third-order valence-electron chi connectivity index (χ3n) is 2.62. The van der Waals surface area contributed by atoms with E-state index in [0.29, 0.717) is 18.7 Å². The van der Waals surface area contributed by atoms with Gasteiger partial charge in [-0.2, -0.15) is 0 Å². The number of rotatable bonds is 5. The molecule has 1 unspecified atom stereocenters. The number of aromatic nitrogens is 2. The topological polar surface area (TPSA) is 80.9 Å². The molecule has 0 saturated heterocycles. The normalized spacial score (nSPS) is 11.0. The Morgan fingerprint density at radius 3 is 2.81 bits per heavy atom. The van der Waals surface area contributed by atoms with Crippen LogP contribution in [0.4, 0.5) is 0 Å². The van der Waals surface area contributed by atoms with Gasteiger partial charge < -0.3 is 11.1 Å². The molecule has 2 heterocycles. The standard InChI is InChI=1S/C13H16N4OS.2ClH/c1-9(10-4-2-3-7-15-10)16-13(18)11-8-19-12(17-11)5-6-14;;/h2-4,7-9H,5-6,14H2,1H3,(H,16,18);2*1H. The average Bonchev–Trinajstić information content (AvgIpc) is 2.89. The molecular weight excluding hydrogens is 331 g/mol. The SMILES string of the molecule is CC(NC(=O)c1csc(CCN)n1)c1ccccn1.Cl.Cl. The lowest BCUT2D eigenvalue weighted by atomic mass is 10.2. The summed E-state index contributed by atoms with van der Waals surface area (Å²) in [6.45, 7) is 2.44. The average molecular weight is 349 g/mol. The summed E-state index contributed by atoms with van der Waals surface area (Å²) in [7, 11) is 0. The third kappa shape index (κ3) is 5.59. The molecule has 0 fully saturated rings. The molecular formula is C13H18Cl2N4OS. The number of nitrogens with zero attached hydrogens (tertiary/aromatic N) is 2. The van der Waals surface area contributed by atoms with Crippen molar-refractivity contribution in [1.29, 1.82) is 0 Å². The molecule has 1 atom stereocenters. The van der Waals surface area contributed by atoms with Crippen LogP contribution >= 0.6 is 36.2 Å². The number of thiazole rings is 1. The van der Waals surface area contributed by atoms with Crippen molar-refractivity contribution in [2.45, 2.75) is 19.4 Å². The van der Waals surface area contributed by atoms with Crippen molar-refractivity contribution in [2.75, 3.05) is 6.54 Å². The summed E-state index contributed by atoms with van der Waals surface area (Å²) in [4.78, 5) is 20.5. The molecule has 8 heteroatoms. The largest absolute Gasteiger partial charge is 0.343 e. The van der Waals surface area contributed by atoms with E-state index in [0.717, 1.165) is 10.7 Å². The van der Waals surface area contributed by atoms with Gasteiger partial charge in [0, 0.05) is 18.0 Å². The van der Waals surface area contributed by atoms with E-state index in [-0.39, 0.29) is 36.8 Å². The zero-order valence-electron chi connectivity index (χ0n) is 11.5. The summed E-state index contributed by atoms with van der Waals surface area (Å²) < 4.78 is 0. The molecule has 2 aromatic heterocycles. The molecule has 0 aromatic carbocycles. The van der Waals surface area contributed by atoms with Gasteiger partial charge in [0.25, 0.3) is 5.91 Å². The summed E-state index contributed by atoms with van der Waals surface area (Å²) in [6, 6.07) is 5.48. The van der Waals surface area contributed by atoms with Crippen LogP contribution in [-0.4, -0.2) is 22.4 Å². The van der Waals surface area contributed by atoms with Gasteiger partial charge in [0.1, 0.15) is 5.69 Å². The number of carbonyl (C=O) groups excluding carboxylic acids is 1. The number of hydrogen-bond donors (Lipinski definition) is 2. The van der Waals surface area contributed by atoms with Crippen LogP contribution in [-0.2, 0) is 6.42 Å². The van der Waals surface area contributed by atoms with E-state index in [2.05, 4.69) is 15.3 Å². The molecule has 0 aliphatic carbocycles. The highest BCUT2D eigenvalue weighted by atomic mass is 35.5. The highest BCUT2D eigenvalue weighted by molar-refractivity contribution is 7.09. The summed E-state index contributed by atoms with van der Waals surface area (Å²) in [5.74, 6) is -0.183. The van der Waals surface area contributed by atoms with Crippen LogP contribution in [0.15, 0.2) is 29.8 Å². The van der Waals surface area contributed by atoms with Gasteiger partial charge in [-0.15, -0.1) is 36.2 Å². The Morgan fingerprint density at radius 1 is 1.43 bits per heavy atom. The zero-order chi connectivity index (χ0) is 13.7. The number of carbonyl (C=O) groups is 1. The maximum Gasteiger partial charge on any atom is 0.271 e. The number of amides is 1. The maximum absolute atomic E-state index is 12.0. The van der Waals surface area contributed by atoms with Crippen LogP contribution in [0.1, 0.15) is 34.2 Å². The van der Waals surface area contributed by atoms with Crippen molar-refractivity contribution in [1.82, 2.24) is 15.3 Å². The number of pyridine rings is 1. The first-order valence-electron chi connectivity index (χ1n) is 6.07. The Hall–Kier alpha value is -1.21. The Kier molecular flexibility index (Phi) is 9.12. The van der Waals surface area contributed by atoms with E-state index in [9.17, 15) is 4.79 Å². The minimum atomic E-state index is -0.183. The monoisotopic (exact) mass is 348 g/mol. The zero-order valence-corrected chi connectivity index (χ0v) is 13.9. The number of hydrogen-bond acceptors (Lipinski definition) is 5. The van der Waals surface area contributed by atoms with Gasteiger partial charge in [-0.05, 0) is 25.6 Å². The lowest BCUT2D eigenvalue weighted by Crippen LogP contribution is -2.27. The number of nitrogens with one attached hydrogen (secondary N) is 1. The molecule has 0 bridgehead atoms. The number of nitrogens with two attached hydrogens (primary N) is 1. The van der Waals surface area contributed by atoms with Crippen LogP contribution in [0.3, 0.4) is 0 Å². The molecule has 1 amide bonds. The molecule has 3 N–H and O–H groups in total. The van der Waals surface area contributed by atoms with Gasteiger partial charge in [0.2, 0.25) is 0 Å². The third-order valence-corrected chi connectivity index (χ3v) is 3.53. The Morgan fingerprint density at radius 2 is 2.19 bits per heavy atom. The lowest BCUT2D eigenvalue weighted by molar-refractivity contribution is 0.0934. The fraction of sp³-hybridized carbons (Fsp3) is 0.308. The van der Waals surface area contributed by atoms with E-state index in [1.165, 1.54) is 11.3 Å². The van der Waals surface area contributed by atoms with Gasteiger partial charge >= 0.3 is 0 Å². The lowest BCUT2D eigenvalue weighted by Gasteiger charge is -2.11. The van der Waals surface area contributed by atoms with Gasteiger partial charge in [-0.3, -0.25) is 9.78 Å². The number of halogens is 2. The Bertz CT molecular complexity index is 550. The highest BCUT2D eigenvalue weighted by Gasteiger charge is 2.14. The van der Waals surface area contributed by atoms with Gasteiger partial charge in [0.05, 0.1) is 16.7 Å². The Balaban J connectivity index is 0.00000200. The predicted molar refractivity (Wildman–Crippen MR) is 89.5 cm³/mol. The second-order valence-electron chi connectivity index (χ2n) is 4.11. The van der Waals surface area contributed by atoms with Crippen LogP contribution < -0.4 is 11.1 Å². The smallest absolute Gasteiger partial charge is 0.271 e. The fourth-order valence-corrected chi connectivity index (χ4v) is 2.42. The van der Waals surface area contributed by atoms with Crippen LogP contribution in [0.2, 0.25) is 0 Å². The summed E-state index contributed by atoms with van der Waals surface area (Å²) >= 11 is 1.46. The molecule has 116 valence electrons. The first kappa shape index (κ1) is 19.8. The minimum absolute atomic E-state index is 0. The Labute approximate surface area is 140 Å². The molecule has 0 radical (unpaired) electrons. The van der Waals surface area contributed by atoms with E-state index in [4.69, 9.17) is 5.73 Å². The molecule has 0 saturated carbocycles. The van der Waals surface area contributed by atoms with Crippen molar-refractivity contribution in [2.24, 2.45) is 5.73 Å². The fourth-order valence-electron chi connectivity index (χ4n) is 1.63. The second-order valence-corrected chi connectivity index (χ2v) is 5.06. The molecule has 2 aromatic rings. The molecule has 0 spiro atoms. The van der Waals surface area contributed by atoms with E-state index < -0.39 is 0 Å². The van der Waals surface area contributed by atoms with E-state index >= 15 is 0 Å². The molecule has 2 rings (SSSR count).